The standard InChI is InChI=1S/C12H21N3O/c1-2-15-10-14-9-12(15)8-13-7-11-3-5-16-6-4-11/h9-11,13H,2-8H2,1H3. The van der Waals surface area contributed by atoms with E-state index in [2.05, 4.69) is 21.8 Å². The van der Waals surface area contributed by atoms with Crippen LogP contribution in [0.2, 0.25) is 0 Å². The summed E-state index contributed by atoms with van der Waals surface area (Å²) in [7, 11) is 0. The number of nitrogens with one attached hydrogen (secondary N) is 1. The van der Waals surface area contributed by atoms with Crippen LogP contribution in [0.1, 0.15) is 25.5 Å². The molecule has 0 amide bonds. The monoisotopic (exact) mass is 223 g/mol. The first-order valence-electron chi connectivity index (χ1n) is 6.17. The molecule has 0 bridgehead atoms. The highest BCUT2D eigenvalue weighted by Gasteiger charge is 2.13. The number of hydrogen-bond acceptors (Lipinski definition) is 3. The van der Waals surface area contributed by atoms with Crippen LogP contribution in [-0.2, 0) is 17.8 Å². The van der Waals surface area contributed by atoms with Crippen molar-refractivity contribution in [1.82, 2.24) is 14.9 Å². The Hall–Kier alpha value is -0.870. The number of aromatic nitrogens is 2. The van der Waals surface area contributed by atoms with E-state index in [1.807, 2.05) is 12.5 Å². The average Bonchev–Trinajstić information content (AvgIpc) is 2.78. The van der Waals surface area contributed by atoms with Gasteiger partial charge in [-0.05, 0) is 32.2 Å². The maximum Gasteiger partial charge on any atom is 0.0948 e. The van der Waals surface area contributed by atoms with Crippen LogP contribution in [0.15, 0.2) is 12.5 Å². The summed E-state index contributed by atoms with van der Waals surface area (Å²) in [5.41, 5.74) is 1.27. The Bertz CT molecular complexity index is 305. The number of nitrogens with zero attached hydrogens (tertiary/aromatic N) is 2. The fourth-order valence-corrected chi connectivity index (χ4v) is 2.13. The first kappa shape index (κ1) is 11.6. The zero-order chi connectivity index (χ0) is 11.2. The molecule has 0 aromatic carbocycles. The maximum atomic E-state index is 5.35. The normalized spacial score (nSPS) is 17.8. The van der Waals surface area contributed by atoms with Crippen LogP contribution >= 0.6 is 0 Å². The Morgan fingerprint density at radius 1 is 1.50 bits per heavy atom. The van der Waals surface area contributed by atoms with Crippen molar-refractivity contribution in [2.24, 2.45) is 5.92 Å². The van der Waals surface area contributed by atoms with Gasteiger partial charge in [0, 0.05) is 32.5 Å². The molecule has 4 heteroatoms. The Balaban J connectivity index is 1.71. The summed E-state index contributed by atoms with van der Waals surface area (Å²) >= 11 is 0. The quantitative estimate of drug-likeness (QED) is 0.820. The Morgan fingerprint density at radius 2 is 2.31 bits per heavy atom. The summed E-state index contributed by atoms with van der Waals surface area (Å²) in [5.74, 6) is 0.784. The molecule has 16 heavy (non-hydrogen) atoms. The largest absolute Gasteiger partial charge is 0.381 e. The van der Waals surface area contributed by atoms with Gasteiger partial charge < -0.3 is 14.6 Å². The molecule has 1 aromatic rings. The highest BCUT2D eigenvalue weighted by atomic mass is 16.5. The zero-order valence-corrected chi connectivity index (χ0v) is 9.98. The van der Waals surface area contributed by atoms with E-state index in [4.69, 9.17) is 4.74 Å². The molecule has 2 rings (SSSR count). The fraction of sp³-hybridized carbons (Fsp3) is 0.750. The van der Waals surface area contributed by atoms with Gasteiger partial charge in [-0.3, -0.25) is 0 Å². The molecular weight excluding hydrogens is 202 g/mol. The third kappa shape index (κ3) is 3.06. The molecule has 1 aromatic heterocycles. The molecule has 1 aliphatic heterocycles. The fourth-order valence-electron chi connectivity index (χ4n) is 2.13. The van der Waals surface area contributed by atoms with Crippen LogP contribution < -0.4 is 5.32 Å². The minimum absolute atomic E-state index is 0.784. The van der Waals surface area contributed by atoms with Gasteiger partial charge in [-0.2, -0.15) is 0 Å². The van der Waals surface area contributed by atoms with E-state index in [1.165, 1.54) is 18.5 Å². The topological polar surface area (TPSA) is 39.1 Å². The number of ether oxygens (including phenoxy) is 1. The smallest absolute Gasteiger partial charge is 0.0948 e. The molecule has 1 aliphatic rings. The first-order valence-corrected chi connectivity index (χ1v) is 6.17. The SMILES string of the molecule is CCn1cncc1CNCC1CCOCC1. The average molecular weight is 223 g/mol. The lowest BCUT2D eigenvalue weighted by Gasteiger charge is -2.22. The van der Waals surface area contributed by atoms with E-state index in [1.54, 1.807) is 0 Å². The predicted octanol–water partition coefficient (Wildman–Crippen LogP) is 1.42. The van der Waals surface area contributed by atoms with Gasteiger partial charge >= 0.3 is 0 Å². The van der Waals surface area contributed by atoms with Crippen molar-refractivity contribution in [2.75, 3.05) is 19.8 Å². The van der Waals surface area contributed by atoms with Crippen molar-refractivity contribution in [1.29, 1.82) is 0 Å². The highest BCUT2D eigenvalue weighted by Crippen LogP contribution is 2.13. The lowest BCUT2D eigenvalue weighted by molar-refractivity contribution is 0.0662. The van der Waals surface area contributed by atoms with E-state index in [0.29, 0.717) is 0 Å². The van der Waals surface area contributed by atoms with Crippen molar-refractivity contribution in [3.63, 3.8) is 0 Å². The van der Waals surface area contributed by atoms with Gasteiger partial charge in [0.25, 0.3) is 0 Å². The van der Waals surface area contributed by atoms with Gasteiger partial charge in [-0.1, -0.05) is 0 Å². The molecule has 0 radical (unpaired) electrons. The predicted molar refractivity (Wildman–Crippen MR) is 63.2 cm³/mol. The van der Waals surface area contributed by atoms with Crippen molar-refractivity contribution in [3.05, 3.63) is 18.2 Å². The molecular formula is C12H21N3O. The number of imidazole rings is 1. The number of aryl methyl sites for hydroxylation is 1. The number of rotatable bonds is 5. The third-order valence-electron chi connectivity index (χ3n) is 3.22. The Morgan fingerprint density at radius 3 is 3.06 bits per heavy atom. The van der Waals surface area contributed by atoms with Crippen molar-refractivity contribution >= 4 is 0 Å². The van der Waals surface area contributed by atoms with Crippen LogP contribution in [0, 0.1) is 5.92 Å². The van der Waals surface area contributed by atoms with Crippen molar-refractivity contribution in [3.8, 4) is 0 Å². The molecule has 0 aliphatic carbocycles. The molecule has 0 saturated carbocycles. The highest BCUT2D eigenvalue weighted by molar-refractivity contribution is 4.97. The molecule has 90 valence electrons. The molecule has 0 unspecified atom stereocenters. The summed E-state index contributed by atoms with van der Waals surface area (Å²) in [6, 6.07) is 0. The minimum atomic E-state index is 0.784. The van der Waals surface area contributed by atoms with E-state index in [0.717, 1.165) is 38.8 Å². The van der Waals surface area contributed by atoms with Gasteiger partial charge in [0.1, 0.15) is 0 Å². The zero-order valence-electron chi connectivity index (χ0n) is 9.98. The maximum absolute atomic E-state index is 5.35. The second kappa shape index (κ2) is 6.01. The van der Waals surface area contributed by atoms with Crippen LogP contribution in [0.5, 0.6) is 0 Å². The molecule has 0 spiro atoms. The summed E-state index contributed by atoms with van der Waals surface area (Å²) in [4.78, 5) is 4.16. The van der Waals surface area contributed by atoms with Gasteiger partial charge in [0.05, 0.1) is 12.0 Å². The molecule has 1 N–H and O–H groups in total. The van der Waals surface area contributed by atoms with Gasteiger partial charge in [0.2, 0.25) is 0 Å². The summed E-state index contributed by atoms with van der Waals surface area (Å²) in [5, 5.41) is 3.52. The van der Waals surface area contributed by atoms with Gasteiger partial charge in [-0.15, -0.1) is 0 Å². The Labute approximate surface area is 97.0 Å². The minimum Gasteiger partial charge on any atom is -0.381 e. The van der Waals surface area contributed by atoms with Crippen LogP contribution in [0.4, 0.5) is 0 Å². The second-order valence-electron chi connectivity index (χ2n) is 4.36. The van der Waals surface area contributed by atoms with E-state index in [9.17, 15) is 0 Å². The molecule has 0 atom stereocenters. The summed E-state index contributed by atoms with van der Waals surface area (Å²) in [6.07, 6.45) is 6.23. The van der Waals surface area contributed by atoms with E-state index < -0.39 is 0 Å². The second-order valence-corrected chi connectivity index (χ2v) is 4.36. The summed E-state index contributed by atoms with van der Waals surface area (Å²) in [6.45, 7) is 7.01. The van der Waals surface area contributed by atoms with Crippen LogP contribution in [0.3, 0.4) is 0 Å². The van der Waals surface area contributed by atoms with Crippen molar-refractivity contribution in [2.45, 2.75) is 32.9 Å². The van der Waals surface area contributed by atoms with Gasteiger partial charge in [-0.25, -0.2) is 4.98 Å². The van der Waals surface area contributed by atoms with Gasteiger partial charge in [0.15, 0.2) is 0 Å². The lowest BCUT2D eigenvalue weighted by Crippen LogP contribution is -2.28. The van der Waals surface area contributed by atoms with Crippen molar-refractivity contribution < 1.29 is 4.74 Å². The van der Waals surface area contributed by atoms with Crippen LogP contribution in [0.25, 0.3) is 0 Å². The molecule has 4 nitrogen and oxygen atoms in total. The molecule has 2 heterocycles. The molecule has 1 saturated heterocycles. The summed E-state index contributed by atoms with van der Waals surface area (Å²) < 4.78 is 7.52. The van der Waals surface area contributed by atoms with E-state index >= 15 is 0 Å². The lowest BCUT2D eigenvalue weighted by atomic mass is 10.0. The van der Waals surface area contributed by atoms with Crippen LogP contribution in [-0.4, -0.2) is 29.3 Å². The molecule has 1 fully saturated rings. The Kier molecular flexibility index (Phi) is 4.36. The van der Waals surface area contributed by atoms with E-state index in [-0.39, 0.29) is 0 Å². The number of hydrogen-bond donors (Lipinski definition) is 1. The first-order chi connectivity index (χ1) is 7.90. The third-order valence-corrected chi connectivity index (χ3v) is 3.22.